The van der Waals surface area contributed by atoms with Crippen LogP contribution in [-0.4, -0.2) is 122 Å². The van der Waals surface area contributed by atoms with Gasteiger partial charge in [-0.05, 0) is 0 Å². The molecule has 352 valence electrons. The van der Waals surface area contributed by atoms with E-state index in [0.717, 1.165) is 69.7 Å². The number of thioether (sulfide) groups is 4. The summed E-state index contributed by atoms with van der Waals surface area (Å²) in [4.78, 5) is 23.5. The summed E-state index contributed by atoms with van der Waals surface area (Å²) in [7, 11) is 0. The number of nitrogens with zero attached hydrogens (tertiary/aromatic N) is 4. The number of alkyl halides is 22. The number of ether oxygens (including phenoxy) is 2. The maximum absolute atomic E-state index is 13.8. The van der Waals surface area contributed by atoms with Gasteiger partial charge in [-0.25, -0.2) is 8.78 Å². The quantitative estimate of drug-likeness (QED) is 0.0485. The molecule has 2 heterocycles. The van der Waals surface area contributed by atoms with Crippen LogP contribution in [0.25, 0.3) is 0 Å². The molecule has 0 saturated carbocycles. The van der Waals surface area contributed by atoms with Crippen molar-refractivity contribution in [2.45, 2.75) is 103 Å². The highest BCUT2D eigenvalue weighted by Crippen LogP contribution is 2.61. The van der Waals surface area contributed by atoms with Crippen molar-refractivity contribution in [3.05, 3.63) is 0 Å². The van der Waals surface area contributed by atoms with E-state index in [2.05, 4.69) is 29.9 Å². The molecule has 0 bridgehead atoms. The molecule has 0 unspecified atom stereocenters. The second kappa shape index (κ2) is 20.0. The second-order valence-electron chi connectivity index (χ2n) is 11.1. The molecule has 61 heavy (non-hydrogen) atoms. The first-order valence-corrected chi connectivity index (χ1v) is 20.6. The average Bonchev–Trinajstić information content (AvgIpc) is 3.74. The average molecular weight is 1050 g/mol. The fourth-order valence-electron chi connectivity index (χ4n) is 3.78. The van der Waals surface area contributed by atoms with Crippen molar-refractivity contribution in [1.82, 2.24) is 20.4 Å². The first kappa shape index (κ1) is 55.1. The lowest BCUT2D eigenvalue weighted by molar-refractivity contribution is -0.427. The van der Waals surface area contributed by atoms with Crippen LogP contribution < -0.4 is 0 Å². The zero-order valence-corrected chi connectivity index (χ0v) is 33.4. The summed E-state index contributed by atoms with van der Waals surface area (Å²) in [5.41, 5.74) is -15.3. The number of carbonyl (C=O) groups is 2. The monoisotopic (exact) mass is 1050 g/mol. The summed E-state index contributed by atoms with van der Waals surface area (Å²) in [5, 5.41) is 15.3. The Balaban J connectivity index is 1.73. The molecule has 0 radical (unpaired) electrons. The van der Waals surface area contributed by atoms with Gasteiger partial charge in [0, 0.05) is 11.5 Å². The Morgan fingerprint density at radius 1 is 0.443 bits per heavy atom. The van der Waals surface area contributed by atoms with Gasteiger partial charge in [0.15, 0.2) is 17.4 Å². The van der Waals surface area contributed by atoms with Crippen LogP contribution in [-0.2, 0) is 19.1 Å². The molecule has 0 aromatic carbocycles. The Bertz CT molecular complexity index is 1620. The van der Waals surface area contributed by atoms with Gasteiger partial charge >= 0.3 is 71.7 Å². The van der Waals surface area contributed by atoms with Gasteiger partial charge in [0.2, 0.25) is 0 Å². The van der Waals surface area contributed by atoms with Crippen molar-refractivity contribution >= 4 is 81.7 Å². The van der Waals surface area contributed by atoms with E-state index >= 15 is 0 Å². The molecule has 0 spiro atoms. The Morgan fingerprint density at radius 3 is 0.967 bits per heavy atom. The Labute approximate surface area is 349 Å². The normalized spacial score (nSPS) is 14.4. The summed E-state index contributed by atoms with van der Waals surface area (Å²) < 4.78 is 297. The zero-order valence-electron chi connectivity index (χ0n) is 28.6. The molecular formula is C25H18F22N4O4S6. The third-order valence-electron chi connectivity index (χ3n) is 6.91. The standard InChI is InChI=1S/C25H18F22N4O4S6/c26-16(27,20(32,33)18(30,22(36,37)38)23(39,40)41)3-5-54-10(52)1-7-56-12-48-50-14(60-12)58-9-59-15-51-49-13(61-15)57-8-2-11(53)55-6-4-17(28,29)21(34,35)19(31,24(42,43)44)25(45,46)47/h1-9H2. The third-order valence-corrected chi connectivity index (χ3v) is 13.4. The van der Waals surface area contributed by atoms with E-state index in [1.54, 1.807) is 0 Å². The van der Waals surface area contributed by atoms with Gasteiger partial charge in [-0.1, -0.05) is 69.7 Å². The molecule has 0 saturated heterocycles. The van der Waals surface area contributed by atoms with Gasteiger partial charge in [0.05, 0.1) is 44.0 Å². The molecule has 0 fully saturated rings. The van der Waals surface area contributed by atoms with Crippen LogP contribution in [0.5, 0.6) is 0 Å². The van der Waals surface area contributed by atoms with Crippen LogP contribution in [0.4, 0.5) is 96.6 Å². The number of carbonyl (C=O) groups excluding carboxylic acids is 2. The van der Waals surface area contributed by atoms with E-state index in [-0.39, 0.29) is 25.3 Å². The summed E-state index contributed by atoms with van der Waals surface area (Å²) >= 11 is 5.71. The number of hydrogen-bond acceptors (Lipinski definition) is 14. The van der Waals surface area contributed by atoms with Crippen LogP contribution in [0, 0.1) is 0 Å². The van der Waals surface area contributed by atoms with Crippen LogP contribution in [0.2, 0.25) is 0 Å². The van der Waals surface area contributed by atoms with Crippen molar-refractivity contribution in [2.24, 2.45) is 0 Å². The van der Waals surface area contributed by atoms with Gasteiger partial charge in [-0.2, -0.15) is 87.8 Å². The van der Waals surface area contributed by atoms with Gasteiger partial charge in [-0.15, -0.1) is 20.4 Å². The number of halogens is 22. The molecule has 0 aliphatic carbocycles. The zero-order chi connectivity index (χ0) is 47.3. The van der Waals surface area contributed by atoms with Crippen molar-refractivity contribution < 1.29 is 116 Å². The molecule has 36 heteroatoms. The van der Waals surface area contributed by atoms with Crippen LogP contribution in [0.1, 0.15) is 25.7 Å². The number of esters is 2. The SMILES string of the molecule is O=C(CCSc1nnc(SCSc2nnc(SCCC(=O)OCCC(F)(F)C(F)(F)C(F)(C(F)(F)F)C(F)(F)F)s2)s1)OCCC(F)(F)C(F)(F)C(F)(C(F)(F)F)C(F)(F)F. The number of rotatable bonds is 22. The van der Waals surface area contributed by atoms with E-state index in [1.165, 1.54) is 0 Å². The summed E-state index contributed by atoms with van der Waals surface area (Å²) in [6.45, 7) is -3.63. The van der Waals surface area contributed by atoms with E-state index in [4.69, 9.17) is 0 Å². The van der Waals surface area contributed by atoms with Gasteiger partial charge in [-0.3, -0.25) is 9.59 Å². The molecular weight excluding hydrogens is 1030 g/mol. The lowest BCUT2D eigenvalue weighted by Gasteiger charge is -2.39. The second-order valence-corrected chi connectivity index (χ2v) is 18.5. The predicted octanol–water partition coefficient (Wildman–Crippen LogP) is 11.3. The number of aromatic nitrogens is 4. The molecule has 0 aliphatic rings. The lowest BCUT2D eigenvalue weighted by Crippen LogP contribution is -2.70. The first-order chi connectivity index (χ1) is 27.4. The van der Waals surface area contributed by atoms with Gasteiger partial charge in [0.1, 0.15) is 0 Å². The molecule has 0 N–H and O–H groups in total. The summed E-state index contributed by atoms with van der Waals surface area (Å²) in [6, 6.07) is 0. The first-order valence-electron chi connectivity index (χ1n) is 15.0. The maximum Gasteiger partial charge on any atom is 0.438 e. The van der Waals surface area contributed by atoms with E-state index < -0.39 is 111 Å². The fourth-order valence-corrected chi connectivity index (χ4v) is 10.3. The molecule has 2 rings (SSSR count). The highest BCUT2D eigenvalue weighted by atomic mass is 32.2. The van der Waals surface area contributed by atoms with Crippen LogP contribution in [0.3, 0.4) is 0 Å². The Hall–Kier alpha value is -2.08. The van der Waals surface area contributed by atoms with Crippen molar-refractivity contribution in [3.8, 4) is 0 Å². The van der Waals surface area contributed by atoms with Crippen LogP contribution in [0.15, 0.2) is 17.4 Å². The third kappa shape index (κ3) is 12.6. The Kier molecular flexibility index (Phi) is 18.0. The largest absolute Gasteiger partial charge is 0.465 e. The number of hydrogen-bond donors (Lipinski definition) is 0. The van der Waals surface area contributed by atoms with Gasteiger partial charge in [0.25, 0.3) is 0 Å². The van der Waals surface area contributed by atoms with Crippen molar-refractivity contribution in [3.63, 3.8) is 0 Å². The van der Waals surface area contributed by atoms with Gasteiger partial charge < -0.3 is 9.47 Å². The fraction of sp³-hybridized carbons (Fsp3) is 0.760. The molecule has 2 aromatic rings. The maximum atomic E-state index is 13.8. The molecule has 0 aliphatic heterocycles. The van der Waals surface area contributed by atoms with Crippen molar-refractivity contribution in [1.29, 1.82) is 0 Å². The lowest BCUT2D eigenvalue weighted by atomic mass is 9.89. The van der Waals surface area contributed by atoms with Crippen LogP contribution >= 0.6 is 69.7 Å². The van der Waals surface area contributed by atoms with Crippen molar-refractivity contribution in [2.75, 3.05) is 29.8 Å². The minimum atomic E-state index is -7.63. The molecule has 2 aromatic heterocycles. The molecule has 0 amide bonds. The minimum absolute atomic E-state index is 0.203. The topological polar surface area (TPSA) is 104 Å². The Morgan fingerprint density at radius 2 is 0.705 bits per heavy atom. The predicted molar refractivity (Wildman–Crippen MR) is 170 cm³/mol. The van der Waals surface area contributed by atoms with E-state index in [9.17, 15) is 106 Å². The highest BCUT2D eigenvalue weighted by molar-refractivity contribution is 8.17. The smallest absolute Gasteiger partial charge is 0.438 e. The summed E-state index contributed by atoms with van der Waals surface area (Å²) in [6.07, 6.45) is -36.6. The van der Waals surface area contributed by atoms with E-state index in [0.29, 0.717) is 8.68 Å². The highest BCUT2D eigenvalue weighted by Gasteiger charge is 2.91. The van der Waals surface area contributed by atoms with E-state index in [1.807, 2.05) is 0 Å². The summed E-state index contributed by atoms with van der Waals surface area (Å²) in [5.74, 6) is -30.6. The minimum Gasteiger partial charge on any atom is -0.465 e. The molecule has 8 nitrogen and oxygen atoms in total. The molecule has 0 atom stereocenters.